The first-order valence-electron chi connectivity index (χ1n) is 11.2. The van der Waals surface area contributed by atoms with E-state index in [9.17, 15) is 24.5 Å². The third-order valence-electron chi connectivity index (χ3n) is 6.68. The van der Waals surface area contributed by atoms with Gasteiger partial charge in [-0.25, -0.2) is 9.69 Å². The Balaban J connectivity index is 1.91. The zero-order chi connectivity index (χ0) is 24.8. The number of urea groups is 1. The second-order valence-electron chi connectivity index (χ2n) is 8.67. The summed E-state index contributed by atoms with van der Waals surface area (Å²) in [7, 11) is 0. The van der Waals surface area contributed by atoms with Crippen LogP contribution in [0.3, 0.4) is 0 Å². The first-order chi connectivity index (χ1) is 16.1. The van der Waals surface area contributed by atoms with E-state index in [0.717, 1.165) is 22.6 Å². The minimum atomic E-state index is -1.64. The fourth-order valence-corrected chi connectivity index (χ4v) is 5.28. The summed E-state index contributed by atoms with van der Waals surface area (Å²) in [5.74, 6) is -1.35. The van der Waals surface area contributed by atoms with Crippen LogP contribution in [0.2, 0.25) is 5.02 Å². The molecule has 2 aliphatic heterocycles. The van der Waals surface area contributed by atoms with Crippen LogP contribution in [0.15, 0.2) is 36.4 Å². The van der Waals surface area contributed by atoms with Crippen LogP contribution in [0.5, 0.6) is 0 Å². The lowest BCUT2D eigenvalue weighted by molar-refractivity contribution is -0.384. The predicted molar refractivity (Wildman–Crippen MR) is 128 cm³/mol. The number of nitrogens with zero attached hydrogens (tertiary/aromatic N) is 3. The Hall–Kier alpha value is -3.46. The first kappa shape index (κ1) is 23.7. The first-order valence-corrected chi connectivity index (χ1v) is 11.5. The largest absolute Gasteiger partial charge is 0.367 e. The number of rotatable bonds is 5. The lowest BCUT2D eigenvalue weighted by Crippen LogP contribution is -2.72. The molecule has 34 heavy (non-hydrogen) atoms. The molecule has 2 aliphatic rings. The maximum absolute atomic E-state index is 14.1. The van der Waals surface area contributed by atoms with E-state index in [0.29, 0.717) is 23.6 Å². The van der Waals surface area contributed by atoms with E-state index in [1.165, 1.54) is 18.2 Å². The van der Waals surface area contributed by atoms with Gasteiger partial charge in [-0.1, -0.05) is 31.5 Å². The SMILES string of the molecule is CCCN1c2ccc([N+](=O)[O-])cc2C[C@]2(C(=O)NC(=O)N(c3ccc(C)c(Cl)c3)C2=O)[C@@H]1CC. The number of nitrogens with one attached hydrogen (secondary N) is 1. The summed E-state index contributed by atoms with van der Waals surface area (Å²) in [6, 6.07) is 7.94. The molecular formula is C24H25ClN4O5. The second kappa shape index (κ2) is 8.72. The highest BCUT2D eigenvalue weighted by Gasteiger charge is 2.61. The minimum Gasteiger partial charge on any atom is -0.367 e. The molecule has 4 rings (SSSR count). The normalized spacial score (nSPS) is 22.1. The molecule has 1 saturated heterocycles. The van der Waals surface area contributed by atoms with Gasteiger partial charge in [0.1, 0.15) is 0 Å². The van der Waals surface area contributed by atoms with Gasteiger partial charge in [-0.2, -0.15) is 0 Å². The van der Waals surface area contributed by atoms with Gasteiger partial charge in [0.05, 0.1) is 16.7 Å². The number of non-ortho nitro benzene ring substituents is 1. The Morgan fingerprint density at radius 1 is 1.18 bits per heavy atom. The van der Waals surface area contributed by atoms with Gasteiger partial charge in [0.2, 0.25) is 5.91 Å². The molecule has 2 heterocycles. The number of benzene rings is 2. The van der Waals surface area contributed by atoms with Crippen LogP contribution in [0.4, 0.5) is 21.9 Å². The van der Waals surface area contributed by atoms with Gasteiger partial charge in [-0.15, -0.1) is 0 Å². The summed E-state index contributed by atoms with van der Waals surface area (Å²) in [6.07, 6.45) is 1.12. The molecule has 1 spiro atoms. The number of hydrogen-bond acceptors (Lipinski definition) is 6. The van der Waals surface area contributed by atoms with Crippen molar-refractivity contribution in [1.29, 1.82) is 0 Å². The van der Waals surface area contributed by atoms with Crippen molar-refractivity contribution in [2.24, 2.45) is 5.41 Å². The number of carbonyl (C=O) groups is 3. The van der Waals surface area contributed by atoms with Crippen LogP contribution in [-0.4, -0.2) is 35.4 Å². The molecule has 10 heteroatoms. The van der Waals surface area contributed by atoms with E-state index in [1.807, 2.05) is 18.7 Å². The second-order valence-corrected chi connectivity index (χ2v) is 9.08. The summed E-state index contributed by atoms with van der Waals surface area (Å²) in [5, 5.41) is 14.2. The molecule has 2 aromatic rings. The Labute approximate surface area is 201 Å². The lowest BCUT2D eigenvalue weighted by Gasteiger charge is -2.51. The maximum Gasteiger partial charge on any atom is 0.335 e. The average Bonchev–Trinajstić information content (AvgIpc) is 2.79. The zero-order valence-electron chi connectivity index (χ0n) is 19.1. The van der Waals surface area contributed by atoms with Gasteiger partial charge in [0, 0.05) is 35.8 Å². The monoisotopic (exact) mass is 484 g/mol. The quantitative estimate of drug-likeness (QED) is 0.383. The van der Waals surface area contributed by atoms with Crippen LogP contribution in [0.25, 0.3) is 0 Å². The standard InChI is InChI=1S/C24H25ClN4O5/c1-4-10-27-19-9-8-17(29(33)34)11-15(19)13-24(20(27)5-2)21(30)26-23(32)28(22(24)31)16-7-6-14(3)18(25)12-16/h6-9,11-12,20H,4-5,10,13H2,1-3H3,(H,26,30,32)/t20-,24+/m0/s1. The molecular weight excluding hydrogens is 460 g/mol. The summed E-state index contributed by atoms with van der Waals surface area (Å²) >= 11 is 6.26. The van der Waals surface area contributed by atoms with Crippen molar-refractivity contribution in [3.05, 3.63) is 62.7 Å². The topological polar surface area (TPSA) is 113 Å². The summed E-state index contributed by atoms with van der Waals surface area (Å²) in [5.41, 5.74) is 0.547. The Kier molecular flexibility index (Phi) is 6.07. The van der Waals surface area contributed by atoms with E-state index < -0.39 is 34.2 Å². The molecule has 1 fully saturated rings. The van der Waals surface area contributed by atoms with E-state index in [2.05, 4.69) is 5.32 Å². The average molecular weight is 485 g/mol. The van der Waals surface area contributed by atoms with Crippen molar-refractivity contribution < 1.29 is 19.3 Å². The van der Waals surface area contributed by atoms with Gasteiger partial charge in [-0.05, 0) is 49.1 Å². The van der Waals surface area contributed by atoms with Crippen molar-refractivity contribution in [2.75, 3.05) is 16.3 Å². The highest BCUT2D eigenvalue weighted by Crippen LogP contribution is 2.47. The fraction of sp³-hybridized carbons (Fsp3) is 0.375. The molecule has 2 aromatic carbocycles. The molecule has 0 radical (unpaired) electrons. The van der Waals surface area contributed by atoms with E-state index in [4.69, 9.17) is 11.6 Å². The maximum atomic E-state index is 14.1. The number of imide groups is 2. The number of halogens is 1. The third-order valence-corrected chi connectivity index (χ3v) is 7.08. The van der Waals surface area contributed by atoms with Crippen LogP contribution in [0, 0.1) is 22.5 Å². The molecule has 0 unspecified atom stereocenters. The zero-order valence-corrected chi connectivity index (χ0v) is 19.9. The van der Waals surface area contributed by atoms with Crippen LogP contribution in [-0.2, 0) is 16.0 Å². The van der Waals surface area contributed by atoms with Crippen molar-refractivity contribution in [2.45, 2.75) is 46.1 Å². The number of anilines is 2. The van der Waals surface area contributed by atoms with Crippen molar-refractivity contribution in [3.8, 4) is 0 Å². The lowest BCUT2D eigenvalue weighted by atomic mass is 9.67. The van der Waals surface area contributed by atoms with E-state index in [1.54, 1.807) is 25.1 Å². The van der Waals surface area contributed by atoms with Crippen LogP contribution < -0.4 is 15.1 Å². The Morgan fingerprint density at radius 2 is 1.91 bits per heavy atom. The number of nitro groups is 1. The van der Waals surface area contributed by atoms with Crippen molar-refractivity contribution in [3.63, 3.8) is 0 Å². The highest BCUT2D eigenvalue weighted by molar-refractivity contribution is 6.33. The third kappa shape index (κ3) is 3.51. The molecule has 4 amide bonds. The summed E-state index contributed by atoms with van der Waals surface area (Å²) in [4.78, 5) is 54.3. The fourth-order valence-electron chi connectivity index (χ4n) is 5.10. The molecule has 0 saturated carbocycles. The van der Waals surface area contributed by atoms with E-state index >= 15 is 0 Å². The van der Waals surface area contributed by atoms with E-state index in [-0.39, 0.29) is 17.8 Å². The highest BCUT2D eigenvalue weighted by atomic mass is 35.5. The molecule has 0 bridgehead atoms. The minimum absolute atomic E-state index is 0.0588. The number of nitro benzene ring substituents is 1. The molecule has 0 aromatic heterocycles. The van der Waals surface area contributed by atoms with Crippen molar-refractivity contribution >= 4 is 46.5 Å². The summed E-state index contributed by atoms with van der Waals surface area (Å²) < 4.78 is 0. The Morgan fingerprint density at radius 3 is 2.53 bits per heavy atom. The van der Waals surface area contributed by atoms with Crippen LogP contribution >= 0.6 is 11.6 Å². The number of barbiturate groups is 1. The number of carbonyl (C=O) groups excluding carboxylic acids is 3. The van der Waals surface area contributed by atoms with Gasteiger partial charge in [-0.3, -0.25) is 25.0 Å². The molecule has 1 N–H and O–H groups in total. The Bertz CT molecular complexity index is 1220. The van der Waals surface area contributed by atoms with Gasteiger partial charge >= 0.3 is 6.03 Å². The molecule has 178 valence electrons. The van der Waals surface area contributed by atoms with Crippen LogP contribution in [0.1, 0.15) is 37.8 Å². The molecule has 9 nitrogen and oxygen atoms in total. The number of amides is 4. The summed E-state index contributed by atoms with van der Waals surface area (Å²) in [6.45, 7) is 6.20. The van der Waals surface area contributed by atoms with Gasteiger partial charge in [0.15, 0.2) is 5.41 Å². The number of fused-ring (bicyclic) bond motifs is 1. The molecule has 2 atom stereocenters. The number of hydrogen-bond donors (Lipinski definition) is 1. The predicted octanol–water partition coefficient (Wildman–Crippen LogP) is 4.38. The molecule has 0 aliphatic carbocycles. The van der Waals surface area contributed by atoms with Crippen molar-refractivity contribution in [1.82, 2.24) is 5.32 Å². The smallest absolute Gasteiger partial charge is 0.335 e. The van der Waals surface area contributed by atoms with Gasteiger partial charge in [0.25, 0.3) is 11.6 Å². The number of aryl methyl sites for hydroxylation is 1. The van der Waals surface area contributed by atoms with Gasteiger partial charge < -0.3 is 4.90 Å².